The van der Waals surface area contributed by atoms with E-state index >= 15 is 0 Å². The predicted molar refractivity (Wildman–Crippen MR) is 65.9 cm³/mol. The fourth-order valence-corrected chi connectivity index (χ4v) is 1.97. The molecule has 1 atom stereocenters. The van der Waals surface area contributed by atoms with E-state index in [-0.39, 0.29) is 12.2 Å². The number of ketones is 1. The molecule has 1 rings (SSSR count). The maximum Gasteiger partial charge on any atom is 0.223 e. The van der Waals surface area contributed by atoms with Crippen molar-refractivity contribution in [3.8, 4) is 0 Å². The maximum atomic E-state index is 11.1. The summed E-state index contributed by atoms with van der Waals surface area (Å²) in [6, 6.07) is 8.42. The molecule has 0 aliphatic heterocycles. The van der Waals surface area contributed by atoms with Crippen molar-refractivity contribution in [1.82, 2.24) is 0 Å². The zero-order valence-corrected chi connectivity index (χ0v) is 10.9. The Hall–Kier alpha value is -0.280. The van der Waals surface area contributed by atoms with Crippen molar-refractivity contribution in [2.75, 3.05) is 0 Å². The Morgan fingerprint density at radius 2 is 1.75 bits per heavy atom. The number of carbonyl (C=O) groups is 1. The number of rotatable bonds is 3. The molecule has 1 aromatic rings. The smallest absolute Gasteiger partial charge is 0.223 e. The highest BCUT2D eigenvalue weighted by Crippen LogP contribution is 2.47. The van der Waals surface area contributed by atoms with Gasteiger partial charge in [0.1, 0.15) is 11.4 Å². The molecule has 0 saturated carbocycles. The second-order valence-electron chi connectivity index (χ2n) is 3.60. The number of carbonyl (C=O) groups excluding carboxylic acids is 1. The van der Waals surface area contributed by atoms with Crippen molar-refractivity contribution >= 4 is 40.6 Å². The van der Waals surface area contributed by atoms with Crippen molar-refractivity contribution in [2.45, 2.75) is 22.7 Å². The highest BCUT2D eigenvalue weighted by atomic mass is 35.6. The molecule has 16 heavy (non-hydrogen) atoms. The van der Waals surface area contributed by atoms with Crippen molar-refractivity contribution in [2.24, 2.45) is 0 Å². The Bertz CT molecular complexity index is 373. The summed E-state index contributed by atoms with van der Waals surface area (Å²) in [6.45, 7) is 1.34. The topological polar surface area (TPSA) is 37.3 Å². The van der Waals surface area contributed by atoms with Crippen LogP contribution in [0.15, 0.2) is 30.3 Å². The van der Waals surface area contributed by atoms with Gasteiger partial charge in [0.15, 0.2) is 0 Å². The van der Waals surface area contributed by atoms with E-state index in [1.54, 1.807) is 30.3 Å². The summed E-state index contributed by atoms with van der Waals surface area (Å²) in [6.07, 6.45) is -0.243. The Labute approximate surface area is 109 Å². The van der Waals surface area contributed by atoms with Crippen LogP contribution in [-0.4, -0.2) is 14.7 Å². The summed E-state index contributed by atoms with van der Waals surface area (Å²) in [4.78, 5) is 11.1. The third-order valence-electron chi connectivity index (χ3n) is 2.23. The lowest BCUT2D eigenvalue weighted by Crippen LogP contribution is -2.41. The number of benzene rings is 1. The molecule has 1 unspecified atom stereocenters. The van der Waals surface area contributed by atoms with Crippen LogP contribution < -0.4 is 0 Å². The third kappa shape index (κ3) is 2.89. The molecule has 0 fully saturated rings. The van der Waals surface area contributed by atoms with Crippen LogP contribution in [0.3, 0.4) is 0 Å². The number of hydrogen-bond acceptors (Lipinski definition) is 2. The van der Waals surface area contributed by atoms with Gasteiger partial charge in [0.25, 0.3) is 0 Å². The fraction of sp³-hybridized carbons (Fsp3) is 0.364. The van der Waals surface area contributed by atoms with E-state index in [9.17, 15) is 9.90 Å². The Kier molecular flexibility index (Phi) is 4.24. The van der Waals surface area contributed by atoms with Gasteiger partial charge in [-0.2, -0.15) is 0 Å². The van der Waals surface area contributed by atoms with Gasteiger partial charge >= 0.3 is 0 Å². The van der Waals surface area contributed by atoms with E-state index in [0.717, 1.165) is 0 Å². The molecular formula is C11H11Cl3O2. The molecule has 0 aromatic heterocycles. The average Bonchev–Trinajstić information content (AvgIpc) is 2.16. The second-order valence-corrected chi connectivity index (χ2v) is 5.88. The van der Waals surface area contributed by atoms with Crippen molar-refractivity contribution < 1.29 is 9.90 Å². The standard InChI is InChI=1S/C11H11Cl3O2/c1-8(15)7-10(16,11(12,13)14)9-5-3-2-4-6-9/h2-6,16H,7H2,1H3. The first-order valence-electron chi connectivity index (χ1n) is 4.61. The van der Waals surface area contributed by atoms with Crippen LogP contribution in [0.4, 0.5) is 0 Å². The van der Waals surface area contributed by atoms with Crippen LogP contribution in [0.25, 0.3) is 0 Å². The Morgan fingerprint density at radius 1 is 1.25 bits per heavy atom. The predicted octanol–water partition coefficient (Wildman–Crippen LogP) is 3.22. The molecule has 0 bridgehead atoms. The minimum atomic E-state index is -1.96. The van der Waals surface area contributed by atoms with E-state index in [1.807, 2.05) is 0 Å². The zero-order valence-electron chi connectivity index (χ0n) is 8.58. The van der Waals surface area contributed by atoms with Gasteiger partial charge in [0.2, 0.25) is 3.79 Å². The minimum Gasteiger partial charge on any atom is -0.380 e. The molecular weight excluding hydrogens is 270 g/mol. The second kappa shape index (κ2) is 4.92. The lowest BCUT2D eigenvalue weighted by molar-refractivity contribution is -0.122. The van der Waals surface area contributed by atoms with Crippen LogP contribution >= 0.6 is 34.8 Å². The van der Waals surface area contributed by atoms with Crippen molar-refractivity contribution in [1.29, 1.82) is 0 Å². The van der Waals surface area contributed by atoms with E-state index in [4.69, 9.17) is 34.8 Å². The van der Waals surface area contributed by atoms with Gasteiger partial charge in [-0.1, -0.05) is 65.1 Å². The SMILES string of the molecule is CC(=O)CC(O)(c1ccccc1)C(Cl)(Cl)Cl. The van der Waals surface area contributed by atoms with Gasteiger partial charge in [-0.05, 0) is 12.5 Å². The Morgan fingerprint density at radius 3 is 2.12 bits per heavy atom. The van der Waals surface area contributed by atoms with Gasteiger partial charge in [0, 0.05) is 6.42 Å². The molecule has 2 nitrogen and oxygen atoms in total. The van der Waals surface area contributed by atoms with Crippen molar-refractivity contribution in [3.63, 3.8) is 0 Å². The molecule has 1 N–H and O–H groups in total. The fourth-order valence-electron chi connectivity index (χ4n) is 1.44. The molecule has 0 radical (unpaired) electrons. The molecule has 0 aliphatic carbocycles. The van der Waals surface area contributed by atoms with Crippen molar-refractivity contribution in [3.05, 3.63) is 35.9 Å². The molecule has 0 saturated heterocycles. The summed E-state index contributed by atoms with van der Waals surface area (Å²) >= 11 is 17.2. The highest BCUT2D eigenvalue weighted by molar-refractivity contribution is 6.68. The van der Waals surface area contributed by atoms with E-state index in [1.165, 1.54) is 6.92 Å². The third-order valence-corrected chi connectivity index (χ3v) is 3.16. The van der Waals surface area contributed by atoms with Gasteiger partial charge < -0.3 is 5.11 Å². The first kappa shape index (κ1) is 13.8. The average molecular weight is 282 g/mol. The van der Waals surface area contributed by atoms with Crippen LogP contribution in [0, 0.1) is 0 Å². The van der Waals surface area contributed by atoms with Crippen LogP contribution in [-0.2, 0) is 10.4 Å². The summed E-state index contributed by atoms with van der Waals surface area (Å²) in [5, 5.41) is 10.4. The minimum absolute atomic E-state index is 0.243. The molecule has 0 heterocycles. The zero-order chi connectivity index (χ0) is 12.4. The molecule has 0 aliphatic rings. The quantitative estimate of drug-likeness (QED) is 0.864. The lowest BCUT2D eigenvalue weighted by Gasteiger charge is -2.34. The van der Waals surface area contributed by atoms with Crippen LogP contribution in [0.5, 0.6) is 0 Å². The molecule has 88 valence electrons. The first-order chi connectivity index (χ1) is 7.27. The molecule has 1 aromatic carbocycles. The number of aliphatic hydroxyl groups is 1. The van der Waals surface area contributed by atoms with Gasteiger partial charge in [-0.15, -0.1) is 0 Å². The number of Topliss-reactive ketones (excluding diaryl/α,β-unsaturated/α-hetero) is 1. The summed E-state index contributed by atoms with van der Waals surface area (Å²) < 4.78 is -1.96. The van der Waals surface area contributed by atoms with E-state index in [0.29, 0.717) is 5.56 Å². The summed E-state index contributed by atoms with van der Waals surface area (Å²) in [5.41, 5.74) is -1.39. The number of hydrogen-bond donors (Lipinski definition) is 1. The summed E-state index contributed by atoms with van der Waals surface area (Å²) in [7, 11) is 0. The monoisotopic (exact) mass is 280 g/mol. The number of alkyl halides is 3. The number of halogens is 3. The first-order valence-corrected chi connectivity index (χ1v) is 5.75. The molecule has 0 amide bonds. The molecule has 5 heteroatoms. The van der Waals surface area contributed by atoms with E-state index < -0.39 is 9.39 Å². The Balaban J connectivity index is 3.21. The van der Waals surface area contributed by atoms with Gasteiger partial charge in [-0.3, -0.25) is 4.79 Å². The van der Waals surface area contributed by atoms with Gasteiger partial charge in [-0.25, -0.2) is 0 Å². The van der Waals surface area contributed by atoms with Gasteiger partial charge in [0.05, 0.1) is 0 Å². The highest BCUT2D eigenvalue weighted by Gasteiger charge is 2.49. The summed E-state index contributed by atoms with van der Waals surface area (Å²) in [5.74, 6) is -0.252. The maximum absolute atomic E-state index is 11.1. The normalized spacial score (nSPS) is 15.6. The lowest BCUT2D eigenvalue weighted by atomic mass is 9.90. The van der Waals surface area contributed by atoms with E-state index in [2.05, 4.69) is 0 Å². The largest absolute Gasteiger partial charge is 0.380 e. The van der Waals surface area contributed by atoms with Crippen LogP contribution in [0.2, 0.25) is 0 Å². The molecule has 0 spiro atoms. The van der Waals surface area contributed by atoms with Crippen LogP contribution in [0.1, 0.15) is 18.9 Å².